The Morgan fingerprint density at radius 1 is 1.32 bits per heavy atom. The molecule has 0 aliphatic heterocycles. The van der Waals surface area contributed by atoms with Gasteiger partial charge in [0, 0.05) is 13.5 Å². The topological polar surface area (TPSA) is 55.1 Å². The van der Waals surface area contributed by atoms with Crippen molar-refractivity contribution in [3.8, 4) is 0 Å². The Morgan fingerprint density at radius 3 is 2.74 bits per heavy atom. The average Bonchev–Trinajstić information content (AvgIpc) is 2.65. The molecular weight excluding hydrogens is 240 g/mol. The molecule has 19 heavy (non-hydrogen) atoms. The first kappa shape index (κ1) is 13.3. The highest BCUT2D eigenvalue weighted by atomic mass is 16.4. The third-order valence-electron chi connectivity index (χ3n) is 2.89. The van der Waals surface area contributed by atoms with Crippen molar-refractivity contribution >= 4 is 5.91 Å². The highest BCUT2D eigenvalue weighted by molar-refractivity contribution is 5.78. The van der Waals surface area contributed by atoms with E-state index >= 15 is 0 Å². The van der Waals surface area contributed by atoms with Crippen LogP contribution in [0.2, 0.25) is 0 Å². The number of aromatic nitrogens is 1. The summed E-state index contributed by atoms with van der Waals surface area (Å²) in [5, 5.41) is 2.88. The molecule has 0 saturated carbocycles. The summed E-state index contributed by atoms with van der Waals surface area (Å²) in [5.41, 5.74) is 3.07. The Labute approximate surface area is 112 Å². The molecule has 0 unspecified atom stereocenters. The van der Waals surface area contributed by atoms with Crippen molar-refractivity contribution in [2.45, 2.75) is 33.7 Å². The number of hydrogen-bond acceptors (Lipinski definition) is 3. The lowest BCUT2D eigenvalue weighted by atomic mass is 10.1. The van der Waals surface area contributed by atoms with Gasteiger partial charge >= 0.3 is 0 Å². The van der Waals surface area contributed by atoms with Gasteiger partial charge in [0.15, 0.2) is 5.89 Å². The molecule has 0 aliphatic carbocycles. The van der Waals surface area contributed by atoms with Crippen LogP contribution in [-0.4, -0.2) is 10.9 Å². The summed E-state index contributed by atoms with van der Waals surface area (Å²) in [7, 11) is 0. The number of hydrogen-bond donors (Lipinski definition) is 1. The van der Waals surface area contributed by atoms with Gasteiger partial charge in [0.2, 0.25) is 5.91 Å². The Hall–Kier alpha value is -2.10. The van der Waals surface area contributed by atoms with E-state index in [0.29, 0.717) is 18.2 Å². The number of carbonyl (C=O) groups excluding carboxylic acids is 1. The van der Waals surface area contributed by atoms with Gasteiger partial charge in [-0.3, -0.25) is 4.79 Å². The fraction of sp³-hybridized carbons (Fsp3) is 0.333. The van der Waals surface area contributed by atoms with Crippen molar-refractivity contribution in [2.75, 3.05) is 0 Å². The summed E-state index contributed by atoms with van der Waals surface area (Å²) in [6.45, 7) is 6.19. The first-order chi connectivity index (χ1) is 9.04. The standard InChI is InChI=1S/C15H18N2O2/c1-10-5-4-6-13(7-10)9-16-15(18)8-14-11(2)17-12(3)19-14/h4-7H,8-9H2,1-3H3,(H,16,18). The number of amides is 1. The van der Waals surface area contributed by atoms with E-state index in [1.165, 1.54) is 5.56 Å². The van der Waals surface area contributed by atoms with Gasteiger partial charge in [-0.05, 0) is 19.4 Å². The van der Waals surface area contributed by atoms with Crippen molar-refractivity contribution < 1.29 is 9.21 Å². The zero-order valence-electron chi connectivity index (χ0n) is 11.5. The average molecular weight is 258 g/mol. The maximum Gasteiger partial charge on any atom is 0.227 e. The molecule has 2 aromatic rings. The smallest absolute Gasteiger partial charge is 0.227 e. The van der Waals surface area contributed by atoms with E-state index in [4.69, 9.17) is 4.42 Å². The lowest BCUT2D eigenvalue weighted by Gasteiger charge is -2.05. The number of rotatable bonds is 4. The van der Waals surface area contributed by atoms with Crippen LogP contribution >= 0.6 is 0 Å². The van der Waals surface area contributed by atoms with E-state index in [1.54, 1.807) is 6.92 Å². The van der Waals surface area contributed by atoms with E-state index in [9.17, 15) is 4.79 Å². The Morgan fingerprint density at radius 2 is 2.11 bits per heavy atom. The molecule has 4 nitrogen and oxygen atoms in total. The van der Waals surface area contributed by atoms with Crippen LogP contribution in [0.1, 0.15) is 28.5 Å². The highest BCUT2D eigenvalue weighted by Gasteiger charge is 2.11. The van der Waals surface area contributed by atoms with Gasteiger partial charge in [0.25, 0.3) is 0 Å². The molecule has 1 aromatic heterocycles. The van der Waals surface area contributed by atoms with Gasteiger partial charge in [-0.1, -0.05) is 29.8 Å². The molecule has 0 radical (unpaired) electrons. The molecular formula is C15H18N2O2. The van der Waals surface area contributed by atoms with Crippen LogP contribution in [0, 0.1) is 20.8 Å². The molecule has 4 heteroatoms. The van der Waals surface area contributed by atoms with Crippen molar-refractivity contribution in [3.05, 3.63) is 52.7 Å². The largest absolute Gasteiger partial charge is 0.445 e. The minimum absolute atomic E-state index is 0.0549. The number of aryl methyl sites for hydroxylation is 3. The molecule has 100 valence electrons. The summed E-state index contributed by atoms with van der Waals surface area (Å²) in [4.78, 5) is 16.0. The minimum atomic E-state index is -0.0549. The van der Waals surface area contributed by atoms with Gasteiger partial charge in [0.05, 0.1) is 12.1 Å². The van der Waals surface area contributed by atoms with Crippen molar-refractivity contribution in [1.29, 1.82) is 0 Å². The molecule has 0 spiro atoms. The minimum Gasteiger partial charge on any atom is -0.445 e. The summed E-state index contributed by atoms with van der Waals surface area (Å²) in [6.07, 6.45) is 0.235. The lowest BCUT2D eigenvalue weighted by molar-refractivity contribution is -0.120. The molecule has 0 aliphatic rings. The van der Waals surface area contributed by atoms with E-state index in [1.807, 2.05) is 32.0 Å². The first-order valence-corrected chi connectivity index (χ1v) is 6.30. The maximum absolute atomic E-state index is 11.8. The van der Waals surface area contributed by atoms with E-state index in [0.717, 1.165) is 11.3 Å². The Bertz CT molecular complexity index is 588. The summed E-state index contributed by atoms with van der Waals surface area (Å²) in [5.74, 6) is 1.18. The maximum atomic E-state index is 11.8. The fourth-order valence-electron chi connectivity index (χ4n) is 1.97. The molecule has 0 atom stereocenters. The Kier molecular flexibility index (Phi) is 4.00. The van der Waals surface area contributed by atoms with Crippen molar-refractivity contribution in [1.82, 2.24) is 10.3 Å². The SMILES string of the molecule is Cc1cccc(CNC(=O)Cc2oc(C)nc2C)c1. The first-order valence-electron chi connectivity index (χ1n) is 6.30. The van der Waals surface area contributed by atoms with Crippen LogP contribution in [0.3, 0.4) is 0 Å². The van der Waals surface area contributed by atoms with Gasteiger partial charge in [-0.2, -0.15) is 0 Å². The molecule has 0 bridgehead atoms. The van der Waals surface area contributed by atoms with Gasteiger partial charge in [-0.25, -0.2) is 4.98 Å². The second-order valence-electron chi connectivity index (χ2n) is 4.68. The van der Waals surface area contributed by atoms with E-state index < -0.39 is 0 Å². The molecule has 2 rings (SSSR count). The number of nitrogens with zero attached hydrogens (tertiary/aromatic N) is 1. The second-order valence-corrected chi connectivity index (χ2v) is 4.68. The van der Waals surface area contributed by atoms with Gasteiger partial charge in [0.1, 0.15) is 5.76 Å². The zero-order chi connectivity index (χ0) is 13.8. The number of nitrogens with one attached hydrogen (secondary N) is 1. The monoisotopic (exact) mass is 258 g/mol. The van der Waals surface area contributed by atoms with Crippen molar-refractivity contribution in [2.24, 2.45) is 0 Å². The highest BCUT2D eigenvalue weighted by Crippen LogP contribution is 2.10. The predicted octanol–water partition coefficient (Wildman–Crippen LogP) is 2.46. The van der Waals surface area contributed by atoms with Crippen LogP contribution in [0.5, 0.6) is 0 Å². The molecule has 1 heterocycles. The van der Waals surface area contributed by atoms with E-state index in [-0.39, 0.29) is 12.3 Å². The molecule has 0 fully saturated rings. The third kappa shape index (κ3) is 3.68. The Balaban J connectivity index is 1.90. The number of benzene rings is 1. The third-order valence-corrected chi connectivity index (χ3v) is 2.89. The van der Waals surface area contributed by atoms with Crippen LogP contribution in [0.15, 0.2) is 28.7 Å². The molecule has 0 saturated heterocycles. The number of carbonyl (C=O) groups is 1. The number of oxazole rings is 1. The molecule has 1 aromatic carbocycles. The van der Waals surface area contributed by atoms with Crippen molar-refractivity contribution in [3.63, 3.8) is 0 Å². The van der Waals surface area contributed by atoms with Crippen LogP contribution in [-0.2, 0) is 17.8 Å². The normalized spacial score (nSPS) is 10.5. The molecule has 1 amide bonds. The predicted molar refractivity (Wildman–Crippen MR) is 72.7 cm³/mol. The zero-order valence-corrected chi connectivity index (χ0v) is 11.5. The lowest BCUT2D eigenvalue weighted by Crippen LogP contribution is -2.24. The molecule has 1 N–H and O–H groups in total. The summed E-state index contributed by atoms with van der Waals surface area (Å²) >= 11 is 0. The summed E-state index contributed by atoms with van der Waals surface area (Å²) < 4.78 is 5.38. The summed E-state index contributed by atoms with van der Waals surface area (Å²) in [6, 6.07) is 8.08. The fourth-order valence-corrected chi connectivity index (χ4v) is 1.97. The quantitative estimate of drug-likeness (QED) is 0.916. The second kappa shape index (κ2) is 5.69. The van der Waals surface area contributed by atoms with E-state index in [2.05, 4.69) is 16.4 Å². The van der Waals surface area contributed by atoms with Gasteiger partial charge < -0.3 is 9.73 Å². The van der Waals surface area contributed by atoms with Gasteiger partial charge in [-0.15, -0.1) is 0 Å². The van der Waals surface area contributed by atoms with Crippen LogP contribution in [0.4, 0.5) is 0 Å². The van der Waals surface area contributed by atoms with Crippen LogP contribution < -0.4 is 5.32 Å². The van der Waals surface area contributed by atoms with Crippen LogP contribution in [0.25, 0.3) is 0 Å².